The lowest BCUT2D eigenvalue weighted by molar-refractivity contribution is -0.115. The van der Waals surface area contributed by atoms with Crippen LogP contribution in [-0.4, -0.2) is 45.8 Å². The molecule has 7 nitrogen and oxygen atoms in total. The maximum Gasteiger partial charge on any atom is 0.237 e. The minimum absolute atomic E-state index is 0.119. The monoisotopic (exact) mass is 380 g/mol. The predicted octanol–water partition coefficient (Wildman–Crippen LogP) is 1.84. The van der Waals surface area contributed by atoms with Gasteiger partial charge < -0.3 is 9.88 Å². The smallest absolute Gasteiger partial charge is 0.237 e. The highest BCUT2D eigenvalue weighted by molar-refractivity contribution is 8.00. The van der Waals surface area contributed by atoms with Gasteiger partial charge in [0, 0.05) is 18.7 Å². The SMILES string of the molecule is CC(Sc1nnc(C2CCS(=O)(=O)C2)n1C)C(=O)Nc1ccccc1. The summed E-state index contributed by atoms with van der Waals surface area (Å²) in [5.41, 5.74) is 0.745. The van der Waals surface area contributed by atoms with Gasteiger partial charge in [0.1, 0.15) is 5.82 Å². The highest BCUT2D eigenvalue weighted by Gasteiger charge is 2.33. The van der Waals surface area contributed by atoms with E-state index < -0.39 is 9.84 Å². The van der Waals surface area contributed by atoms with E-state index in [1.807, 2.05) is 37.4 Å². The summed E-state index contributed by atoms with van der Waals surface area (Å²) in [6, 6.07) is 9.26. The van der Waals surface area contributed by atoms with Gasteiger partial charge in [-0.2, -0.15) is 0 Å². The topological polar surface area (TPSA) is 93.9 Å². The number of carbonyl (C=O) groups excluding carboxylic acids is 1. The quantitative estimate of drug-likeness (QED) is 0.796. The Morgan fingerprint density at radius 3 is 2.68 bits per heavy atom. The lowest BCUT2D eigenvalue weighted by Crippen LogP contribution is -2.22. The summed E-state index contributed by atoms with van der Waals surface area (Å²) in [6.45, 7) is 1.80. The standard InChI is InChI=1S/C16H20N4O3S2/c1-11(15(21)17-13-6-4-3-5-7-13)24-16-19-18-14(20(16)2)12-8-9-25(22,23)10-12/h3-7,11-12H,8-10H2,1-2H3,(H,17,21). The molecule has 134 valence electrons. The number of rotatable bonds is 5. The van der Waals surface area contributed by atoms with Crippen LogP contribution in [0.15, 0.2) is 35.5 Å². The molecule has 0 saturated carbocycles. The maximum atomic E-state index is 12.3. The number of amides is 1. The van der Waals surface area contributed by atoms with Crippen LogP contribution in [0.4, 0.5) is 5.69 Å². The number of aromatic nitrogens is 3. The van der Waals surface area contributed by atoms with Crippen molar-refractivity contribution in [3.63, 3.8) is 0 Å². The average molecular weight is 380 g/mol. The summed E-state index contributed by atoms with van der Waals surface area (Å²) in [7, 11) is -1.16. The number of benzene rings is 1. The van der Waals surface area contributed by atoms with Crippen molar-refractivity contribution in [2.45, 2.75) is 29.7 Å². The van der Waals surface area contributed by atoms with Crippen molar-refractivity contribution in [2.24, 2.45) is 7.05 Å². The molecule has 2 heterocycles. The van der Waals surface area contributed by atoms with Crippen LogP contribution in [-0.2, 0) is 21.7 Å². The number of carbonyl (C=O) groups is 1. The van der Waals surface area contributed by atoms with Crippen molar-refractivity contribution in [2.75, 3.05) is 16.8 Å². The van der Waals surface area contributed by atoms with Crippen LogP contribution in [0.25, 0.3) is 0 Å². The van der Waals surface area contributed by atoms with Crippen LogP contribution in [0, 0.1) is 0 Å². The minimum Gasteiger partial charge on any atom is -0.325 e. The Bertz CT molecular complexity index is 865. The predicted molar refractivity (Wildman–Crippen MR) is 97.4 cm³/mol. The van der Waals surface area contributed by atoms with Crippen molar-refractivity contribution in [3.8, 4) is 0 Å². The fraction of sp³-hybridized carbons (Fsp3) is 0.438. The first-order valence-electron chi connectivity index (χ1n) is 7.98. The Balaban J connectivity index is 1.66. The second kappa shape index (κ2) is 7.17. The Hall–Kier alpha value is -1.87. The molecule has 1 saturated heterocycles. The van der Waals surface area contributed by atoms with E-state index in [4.69, 9.17) is 0 Å². The number of anilines is 1. The van der Waals surface area contributed by atoms with E-state index in [0.717, 1.165) is 5.69 Å². The molecule has 1 aromatic heterocycles. The zero-order chi connectivity index (χ0) is 18.0. The summed E-state index contributed by atoms with van der Waals surface area (Å²) >= 11 is 1.30. The minimum atomic E-state index is -2.97. The van der Waals surface area contributed by atoms with E-state index in [1.165, 1.54) is 11.8 Å². The summed E-state index contributed by atoms with van der Waals surface area (Å²) in [4.78, 5) is 12.3. The zero-order valence-electron chi connectivity index (χ0n) is 14.0. The Morgan fingerprint density at radius 2 is 2.04 bits per heavy atom. The van der Waals surface area contributed by atoms with Crippen molar-refractivity contribution < 1.29 is 13.2 Å². The number of thioether (sulfide) groups is 1. The molecule has 0 bridgehead atoms. The number of para-hydroxylation sites is 1. The normalized spacial score (nSPS) is 20.3. The summed E-state index contributed by atoms with van der Waals surface area (Å²) in [5, 5.41) is 11.4. The van der Waals surface area contributed by atoms with Gasteiger partial charge in [0.25, 0.3) is 0 Å². The second-order valence-corrected chi connectivity index (χ2v) is 9.65. The van der Waals surface area contributed by atoms with Crippen LogP contribution in [0.1, 0.15) is 25.1 Å². The highest BCUT2D eigenvalue weighted by Crippen LogP contribution is 2.30. The van der Waals surface area contributed by atoms with Gasteiger partial charge in [0.15, 0.2) is 15.0 Å². The third kappa shape index (κ3) is 4.21. The van der Waals surface area contributed by atoms with Crippen LogP contribution in [0.5, 0.6) is 0 Å². The Kier molecular flexibility index (Phi) is 5.14. The van der Waals surface area contributed by atoms with E-state index >= 15 is 0 Å². The molecule has 9 heteroatoms. The molecule has 2 atom stereocenters. The van der Waals surface area contributed by atoms with Crippen LogP contribution in [0.3, 0.4) is 0 Å². The van der Waals surface area contributed by atoms with Gasteiger partial charge in [-0.1, -0.05) is 30.0 Å². The first kappa shape index (κ1) is 17.9. The lowest BCUT2D eigenvalue weighted by Gasteiger charge is -2.12. The fourth-order valence-electron chi connectivity index (χ4n) is 2.76. The Labute approximate surface area is 151 Å². The number of hydrogen-bond acceptors (Lipinski definition) is 6. The molecule has 25 heavy (non-hydrogen) atoms. The van der Waals surface area contributed by atoms with Crippen LogP contribution in [0.2, 0.25) is 0 Å². The molecule has 1 aromatic carbocycles. The van der Waals surface area contributed by atoms with E-state index in [2.05, 4.69) is 15.5 Å². The van der Waals surface area contributed by atoms with E-state index in [0.29, 0.717) is 17.4 Å². The van der Waals surface area contributed by atoms with Gasteiger partial charge in [-0.15, -0.1) is 10.2 Å². The van der Waals surface area contributed by atoms with Crippen molar-refractivity contribution >= 4 is 33.2 Å². The van der Waals surface area contributed by atoms with Crippen molar-refractivity contribution in [1.82, 2.24) is 14.8 Å². The third-order valence-electron chi connectivity index (χ3n) is 4.16. The second-order valence-electron chi connectivity index (χ2n) is 6.12. The first-order valence-corrected chi connectivity index (χ1v) is 10.7. The van der Waals surface area contributed by atoms with Crippen LogP contribution < -0.4 is 5.32 Å². The van der Waals surface area contributed by atoms with Crippen LogP contribution >= 0.6 is 11.8 Å². The highest BCUT2D eigenvalue weighted by atomic mass is 32.2. The van der Waals surface area contributed by atoms with Gasteiger partial charge in [0.05, 0.1) is 16.8 Å². The number of sulfone groups is 1. The summed E-state index contributed by atoms with van der Waals surface area (Å²) < 4.78 is 25.1. The first-order chi connectivity index (χ1) is 11.9. The molecule has 2 unspecified atom stereocenters. The van der Waals surface area contributed by atoms with E-state index in [-0.39, 0.29) is 28.6 Å². The molecule has 1 aliphatic heterocycles. The number of hydrogen-bond donors (Lipinski definition) is 1. The average Bonchev–Trinajstić information content (AvgIpc) is 3.11. The molecule has 1 aliphatic rings. The molecule has 3 rings (SSSR count). The largest absolute Gasteiger partial charge is 0.325 e. The molecule has 1 N–H and O–H groups in total. The third-order valence-corrected chi connectivity index (χ3v) is 7.06. The van der Waals surface area contributed by atoms with E-state index in [9.17, 15) is 13.2 Å². The number of nitrogens with zero attached hydrogens (tertiary/aromatic N) is 3. The summed E-state index contributed by atoms with van der Waals surface area (Å²) in [6.07, 6.45) is 0.572. The Morgan fingerprint density at radius 1 is 1.32 bits per heavy atom. The van der Waals surface area contributed by atoms with Gasteiger partial charge in [-0.05, 0) is 25.5 Å². The molecule has 0 radical (unpaired) electrons. The van der Waals surface area contributed by atoms with Gasteiger partial charge in [0.2, 0.25) is 5.91 Å². The molecule has 0 spiro atoms. The van der Waals surface area contributed by atoms with Gasteiger partial charge in [-0.25, -0.2) is 8.42 Å². The molecule has 1 amide bonds. The fourth-order valence-corrected chi connectivity index (χ4v) is 5.32. The molecular formula is C16H20N4O3S2. The zero-order valence-corrected chi connectivity index (χ0v) is 15.7. The number of nitrogens with one attached hydrogen (secondary N) is 1. The van der Waals surface area contributed by atoms with Gasteiger partial charge >= 0.3 is 0 Å². The lowest BCUT2D eigenvalue weighted by atomic mass is 10.1. The van der Waals surface area contributed by atoms with Gasteiger partial charge in [-0.3, -0.25) is 4.79 Å². The molecule has 0 aliphatic carbocycles. The van der Waals surface area contributed by atoms with Crippen molar-refractivity contribution in [3.05, 3.63) is 36.2 Å². The van der Waals surface area contributed by atoms with E-state index in [1.54, 1.807) is 11.5 Å². The maximum absolute atomic E-state index is 12.3. The van der Waals surface area contributed by atoms with Crippen molar-refractivity contribution in [1.29, 1.82) is 0 Å². The molecule has 2 aromatic rings. The summed E-state index contributed by atoms with van der Waals surface area (Å²) in [5.74, 6) is 0.741. The molecular weight excluding hydrogens is 360 g/mol. The molecule has 1 fully saturated rings.